The lowest BCUT2D eigenvalue weighted by Crippen LogP contribution is -2.01. The lowest BCUT2D eigenvalue weighted by Gasteiger charge is -2.10. The summed E-state index contributed by atoms with van der Waals surface area (Å²) < 4.78 is 29.2. The van der Waals surface area contributed by atoms with Gasteiger partial charge in [0.25, 0.3) is 0 Å². The van der Waals surface area contributed by atoms with Crippen molar-refractivity contribution in [1.29, 1.82) is 0 Å². The number of halogens is 2. The molecule has 1 aliphatic carbocycles. The highest BCUT2D eigenvalue weighted by molar-refractivity contribution is 5.84. The minimum Gasteiger partial charge on any atom is -0.396 e. The van der Waals surface area contributed by atoms with Gasteiger partial charge >= 0.3 is 0 Å². The number of para-hydroxylation sites is 1. The van der Waals surface area contributed by atoms with Crippen molar-refractivity contribution in [2.75, 3.05) is 5.73 Å². The molecule has 0 bridgehead atoms. The molecule has 1 aliphatic rings. The van der Waals surface area contributed by atoms with E-state index < -0.39 is 5.82 Å². The predicted molar refractivity (Wildman–Crippen MR) is 77.8 cm³/mol. The number of aromatic nitrogens is 2. The van der Waals surface area contributed by atoms with E-state index >= 15 is 0 Å². The molecule has 0 atom stereocenters. The Morgan fingerprint density at radius 1 is 1.14 bits per heavy atom. The fraction of sp³-hybridized carbons (Fsp3) is 0.188. The second kappa shape index (κ2) is 4.28. The van der Waals surface area contributed by atoms with Crippen molar-refractivity contribution in [3.8, 4) is 11.4 Å². The summed E-state index contributed by atoms with van der Waals surface area (Å²) >= 11 is 0. The van der Waals surface area contributed by atoms with Crippen LogP contribution in [0.5, 0.6) is 0 Å². The number of nitrogens with zero attached hydrogens (tertiary/aromatic N) is 2. The Labute approximate surface area is 120 Å². The smallest absolute Gasteiger partial charge is 0.146 e. The van der Waals surface area contributed by atoms with Crippen LogP contribution in [-0.2, 0) is 0 Å². The molecule has 2 N–H and O–H groups in total. The number of rotatable bonds is 2. The maximum absolute atomic E-state index is 13.7. The first-order valence-electron chi connectivity index (χ1n) is 6.87. The zero-order valence-electron chi connectivity index (χ0n) is 11.2. The molecule has 4 rings (SSSR count). The maximum atomic E-state index is 13.7. The molecule has 1 saturated carbocycles. The molecule has 0 amide bonds. The van der Waals surface area contributed by atoms with Crippen LogP contribution in [0.15, 0.2) is 36.4 Å². The van der Waals surface area contributed by atoms with Gasteiger partial charge in [-0.05, 0) is 43.2 Å². The molecule has 2 aromatic carbocycles. The van der Waals surface area contributed by atoms with Gasteiger partial charge < -0.3 is 10.3 Å². The number of anilines is 1. The lowest BCUT2D eigenvalue weighted by molar-refractivity contribution is 0.627. The Morgan fingerprint density at radius 3 is 2.71 bits per heavy atom. The van der Waals surface area contributed by atoms with Crippen LogP contribution in [0.3, 0.4) is 0 Å². The summed E-state index contributed by atoms with van der Waals surface area (Å²) in [4.78, 5) is 4.54. The minimum absolute atomic E-state index is 0.0789. The number of imidazole rings is 1. The van der Waals surface area contributed by atoms with Gasteiger partial charge in [-0.2, -0.15) is 0 Å². The fourth-order valence-electron chi connectivity index (χ4n) is 2.69. The average Bonchev–Trinajstić information content (AvgIpc) is 3.23. The highest BCUT2D eigenvalue weighted by Crippen LogP contribution is 2.42. The second-order valence-electron chi connectivity index (χ2n) is 5.37. The van der Waals surface area contributed by atoms with Gasteiger partial charge in [-0.25, -0.2) is 13.8 Å². The molecule has 5 heteroatoms. The van der Waals surface area contributed by atoms with E-state index in [9.17, 15) is 8.78 Å². The molecule has 1 heterocycles. The first kappa shape index (κ1) is 12.3. The summed E-state index contributed by atoms with van der Waals surface area (Å²) in [6.45, 7) is 0. The van der Waals surface area contributed by atoms with Crippen molar-refractivity contribution in [2.24, 2.45) is 0 Å². The van der Waals surface area contributed by atoms with Gasteiger partial charge in [0.2, 0.25) is 0 Å². The molecule has 1 aromatic heterocycles. The molecule has 21 heavy (non-hydrogen) atoms. The monoisotopic (exact) mass is 285 g/mol. The van der Waals surface area contributed by atoms with E-state index in [-0.39, 0.29) is 17.5 Å². The number of nitrogen functional groups attached to an aromatic ring is 1. The van der Waals surface area contributed by atoms with E-state index in [0.717, 1.165) is 18.4 Å². The van der Waals surface area contributed by atoms with E-state index in [2.05, 4.69) is 4.98 Å². The summed E-state index contributed by atoms with van der Waals surface area (Å²) in [5, 5.41) is 0. The van der Waals surface area contributed by atoms with Gasteiger partial charge in [-0.1, -0.05) is 6.07 Å². The summed E-state index contributed by atoms with van der Waals surface area (Å²) in [6, 6.07) is 9.46. The van der Waals surface area contributed by atoms with Crippen molar-refractivity contribution in [1.82, 2.24) is 9.55 Å². The third-order valence-electron chi connectivity index (χ3n) is 3.86. The Balaban J connectivity index is 2.04. The van der Waals surface area contributed by atoms with Gasteiger partial charge in [-0.15, -0.1) is 0 Å². The van der Waals surface area contributed by atoms with Crippen LogP contribution in [0, 0.1) is 11.6 Å². The van der Waals surface area contributed by atoms with Crippen LogP contribution >= 0.6 is 0 Å². The normalized spacial score (nSPS) is 14.8. The first-order chi connectivity index (χ1) is 10.1. The largest absolute Gasteiger partial charge is 0.396 e. The molecule has 0 unspecified atom stereocenters. The quantitative estimate of drug-likeness (QED) is 0.726. The van der Waals surface area contributed by atoms with Gasteiger partial charge in [0.15, 0.2) is 0 Å². The fourth-order valence-corrected chi connectivity index (χ4v) is 2.69. The van der Waals surface area contributed by atoms with E-state index in [1.807, 2.05) is 4.57 Å². The predicted octanol–water partition coefficient (Wildman–Crippen LogP) is 3.90. The van der Waals surface area contributed by atoms with Crippen LogP contribution in [0.25, 0.3) is 22.4 Å². The number of fused-ring (bicyclic) bond motifs is 1. The molecule has 3 aromatic rings. The van der Waals surface area contributed by atoms with Crippen molar-refractivity contribution in [3.05, 3.63) is 48.0 Å². The Bertz CT molecular complexity index is 850. The van der Waals surface area contributed by atoms with Crippen LogP contribution in [0.1, 0.15) is 18.9 Å². The van der Waals surface area contributed by atoms with Gasteiger partial charge in [0.05, 0.1) is 16.7 Å². The lowest BCUT2D eigenvalue weighted by atomic mass is 10.1. The molecule has 1 fully saturated rings. The highest BCUT2D eigenvalue weighted by atomic mass is 19.1. The second-order valence-corrected chi connectivity index (χ2v) is 5.37. The third kappa shape index (κ3) is 1.88. The topological polar surface area (TPSA) is 43.8 Å². The van der Waals surface area contributed by atoms with E-state index in [1.165, 1.54) is 18.2 Å². The van der Waals surface area contributed by atoms with E-state index in [1.54, 1.807) is 18.2 Å². The highest BCUT2D eigenvalue weighted by Gasteiger charge is 2.29. The van der Waals surface area contributed by atoms with Crippen molar-refractivity contribution >= 4 is 16.7 Å². The molecule has 3 nitrogen and oxygen atoms in total. The summed E-state index contributed by atoms with van der Waals surface area (Å²) in [7, 11) is 0. The van der Waals surface area contributed by atoms with E-state index in [4.69, 9.17) is 5.73 Å². The molecule has 0 aliphatic heterocycles. The van der Waals surface area contributed by atoms with E-state index in [0.29, 0.717) is 16.9 Å². The van der Waals surface area contributed by atoms with Gasteiger partial charge in [0, 0.05) is 11.6 Å². The zero-order chi connectivity index (χ0) is 14.6. The summed E-state index contributed by atoms with van der Waals surface area (Å²) in [6.07, 6.45) is 2.04. The third-order valence-corrected chi connectivity index (χ3v) is 3.86. The van der Waals surface area contributed by atoms with Crippen LogP contribution < -0.4 is 5.73 Å². The summed E-state index contributed by atoms with van der Waals surface area (Å²) in [5.41, 5.74) is 7.92. The van der Waals surface area contributed by atoms with Crippen molar-refractivity contribution in [3.63, 3.8) is 0 Å². The van der Waals surface area contributed by atoms with Gasteiger partial charge in [0.1, 0.15) is 17.5 Å². The minimum atomic E-state index is -0.465. The summed E-state index contributed by atoms with van der Waals surface area (Å²) in [5.74, 6) is -0.161. The van der Waals surface area contributed by atoms with Crippen LogP contribution in [0.2, 0.25) is 0 Å². The molecule has 0 spiro atoms. The average molecular weight is 285 g/mol. The number of hydrogen-bond donors (Lipinski definition) is 1. The Hall–Kier alpha value is -2.43. The number of benzene rings is 2. The molecular weight excluding hydrogens is 272 g/mol. The van der Waals surface area contributed by atoms with Crippen molar-refractivity contribution < 1.29 is 8.78 Å². The molecular formula is C16H13F2N3. The SMILES string of the molecule is Nc1c(F)cccc1-c1nc2ccc(F)cc2n1C1CC1. The van der Waals surface area contributed by atoms with Crippen LogP contribution in [0.4, 0.5) is 14.5 Å². The standard InChI is InChI=1S/C16H13F2N3/c17-9-4-7-13-14(8-9)21(10-5-6-10)16(20-13)11-2-1-3-12(18)15(11)19/h1-4,7-8,10H,5-6,19H2. The molecule has 106 valence electrons. The maximum Gasteiger partial charge on any atom is 0.146 e. The molecule has 0 radical (unpaired) electrons. The van der Waals surface area contributed by atoms with Crippen LogP contribution in [-0.4, -0.2) is 9.55 Å². The zero-order valence-corrected chi connectivity index (χ0v) is 11.2. The molecule has 0 saturated heterocycles. The Morgan fingerprint density at radius 2 is 1.95 bits per heavy atom. The number of nitrogens with two attached hydrogens (primary N) is 1. The van der Waals surface area contributed by atoms with Gasteiger partial charge in [-0.3, -0.25) is 0 Å². The Kier molecular flexibility index (Phi) is 2.51. The number of hydrogen-bond acceptors (Lipinski definition) is 2. The first-order valence-corrected chi connectivity index (χ1v) is 6.87. The van der Waals surface area contributed by atoms with Crippen molar-refractivity contribution in [2.45, 2.75) is 18.9 Å².